The van der Waals surface area contributed by atoms with Crippen molar-refractivity contribution in [3.63, 3.8) is 0 Å². The van der Waals surface area contributed by atoms with Gasteiger partial charge in [0.15, 0.2) is 40.0 Å². The molecular weight excluding hydrogens is 809 g/mol. The second-order valence-electron chi connectivity index (χ2n) is 17.1. The molecule has 1 unspecified atom stereocenters. The number of nitriles is 1. The lowest BCUT2D eigenvalue weighted by atomic mass is 9.72. The lowest BCUT2D eigenvalue weighted by Crippen LogP contribution is -2.64. The molecule has 3 aromatic rings. The van der Waals surface area contributed by atoms with E-state index in [1.807, 2.05) is 13.0 Å². The highest BCUT2D eigenvalue weighted by Crippen LogP contribution is 2.65. The first-order chi connectivity index (χ1) is 29.1. The van der Waals surface area contributed by atoms with Gasteiger partial charge >= 0.3 is 18.1 Å². The number of benzene rings is 3. The van der Waals surface area contributed by atoms with Crippen molar-refractivity contribution < 1.29 is 57.4 Å². The van der Waals surface area contributed by atoms with Gasteiger partial charge in [-0.3, -0.25) is 15.0 Å². The molecule has 2 N–H and O–H groups in total. The second kappa shape index (κ2) is 14.9. The Bertz CT molecular complexity index is 2430. The number of aryl methyl sites for hydroxylation is 1. The second-order valence-corrected chi connectivity index (χ2v) is 18.2. The molecule has 16 nitrogen and oxygen atoms in total. The van der Waals surface area contributed by atoms with Crippen molar-refractivity contribution >= 4 is 29.9 Å². The minimum Gasteiger partial charge on any atom is -0.649 e. The number of esters is 2. The van der Waals surface area contributed by atoms with Gasteiger partial charge in [0.25, 0.3) is 0 Å². The molecule has 7 atom stereocenters. The van der Waals surface area contributed by atoms with Crippen molar-refractivity contribution in [2.24, 2.45) is 0 Å². The van der Waals surface area contributed by atoms with Gasteiger partial charge in [0, 0.05) is 47.2 Å². The minimum atomic E-state index is -1.46. The number of nitrogens with zero attached hydrogens (tertiary/aromatic N) is 3. The number of carbonyl (C=O) groups is 3. The fourth-order valence-corrected chi connectivity index (χ4v) is 11.8. The van der Waals surface area contributed by atoms with Crippen LogP contribution < -0.4 is 33.7 Å². The number of carbonyl (C=O) groups excluding carboxylic acids is 3. The van der Waals surface area contributed by atoms with Crippen LogP contribution in [0.2, 0.25) is 0 Å². The van der Waals surface area contributed by atoms with E-state index in [0.29, 0.717) is 64.5 Å². The fourth-order valence-electron chi connectivity index (χ4n) is 10.1. The van der Waals surface area contributed by atoms with Crippen molar-refractivity contribution in [1.29, 1.82) is 5.26 Å². The van der Waals surface area contributed by atoms with E-state index in [1.54, 1.807) is 39.8 Å². The van der Waals surface area contributed by atoms with Crippen LogP contribution >= 0.6 is 11.8 Å². The summed E-state index contributed by atoms with van der Waals surface area (Å²) in [7, 11) is 2.95. The summed E-state index contributed by atoms with van der Waals surface area (Å²) < 4.78 is 47.4. The van der Waals surface area contributed by atoms with E-state index in [9.17, 15) is 24.8 Å². The van der Waals surface area contributed by atoms with Crippen molar-refractivity contribution in [2.45, 2.75) is 101 Å². The Labute approximate surface area is 357 Å². The zero-order chi connectivity index (χ0) is 43.3. The number of phenols is 1. The Morgan fingerprint density at radius 1 is 1.02 bits per heavy atom. The molecule has 4 bridgehead atoms. The summed E-state index contributed by atoms with van der Waals surface area (Å²) in [6, 6.07) is 4.50. The molecular formula is C44H47N4O12S-. The van der Waals surface area contributed by atoms with E-state index in [-0.39, 0.29) is 42.2 Å². The summed E-state index contributed by atoms with van der Waals surface area (Å²) in [6.45, 7) is 10.3. The molecule has 0 radical (unpaired) electrons. The summed E-state index contributed by atoms with van der Waals surface area (Å²) in [5, 5.41) is 31.2. The molecule has 3 aromatic carbocycles. The van der Waals surface area contributed by atoms with Crippen LogP contribution in [0.15, 0.2) is 18.2 Å². The van der Waals surface area contributed by atoms with E-state index < -0.39 is 64.7 Å². The maximum Gasteiger partial charge on any atom is 0.514 e. The number of nitrogens with one attached hydrogen (secondary N) is 1. The number of fused-ring (bicyclic) bond motifs is 9. The number of ether oxygens (including phenoxy) is 8. The first kappa shape index (κ1) is 41.0. The van der Waals surface area contributed by atoms with Gasteiger partial charge in [-0.05, 0) is 87.4 Å². The Hall–Kier alpha value is -5.41. The molecule has 0 saturated carbocycles. The van der Waals surface area contributed by atoms with Crippen LogP contribution in [0, 0.1) is 25.2 Å². The third kappa shape index (κ3) is 6.40. The third-order valence-corrected chi connectivity index (χ3v) is 13.9. The first-order valence-electron chi connectivity index (χ1n) is 20.2. The number of aromatic hydroxyl groups is 1. The van der Waals surface area contributed by atoms with Gasteiger partial charge in [-0.15, -0.1) is 17.8 Å². The fraction of sp³-hybridized carbons (Fsp3) is 0.500. The largest absolute Gasteiger partial charge is 0.649 e. The number of phenolic OH excluding ortho intramolecular Hbond substituents is 1. The van der Waals surface area contributed by atoms with Gasteiger partial charge in [-0.25, -0.2) is 9.59 Å². The molecule has 17 heteroatoms. The monoisotopic (exact) mass is 855 g/mol. The number of rotatable bonds is 4. The van der Waals surface area contributed by atoms with Crippen LogP contribution in [0.3, 0.4) is 0 Å². The Morgan fingerprint density at radius 2 is 1.79 bits per heavy atom. The maximum absolute atomic E-state index is 15.0. The van der Waals surface area contributed by atoms with Gasteiger partial charge in [0.2, 0.25) is 6.79 Å². The molecule has 7 aliphatic heterocycles. The summed E-state index contributed by atoms with van der Waals surface area (Å²) in [5.74, 6) is 0.725. The maximum atomic E-state index is 15.0. The van der Waals surface area contributed by atoms with Crippen LogP contribution in [0.25, 0.3) is 5.32 Å². The molecule has 2 fully saturated rings. The number of piperazine rings is 1. The zero-order valence-corrected chi connectivity index (χ0v) is 35.9. The molecule has 0 aliphatic carbocycles. The van der Waals surface area contributed by atoms with Crippen LogP contribution in [-0.2, 0) is 37.4 Å². The molecule has 7 heterocycles. The summed E-state index contributed by atoms with van der Waals surface area (Å²) in [6.07, 6.45) is -0.0307. The average molecular weight is 856 g/mol. The van der Waals surface area contributed by atoms with Crippen molar-refractivity contribution in [1.82, 2.24) is 10.2 Å². The van der Waals surface area contributed by atoms with Crippen molar-refractivity contribution in [2.75, 3.05) is 39.9 Å². The molecule has 10 rings (SSSR count). The standard InChI is InChI=1S/C44H47N4O12S/c1-19-11-23-12-25-26(15-45)48-27-16-55-41(51)44(24-14-28(53-7)29(13-22(24)9-10-46-44)59-42(52)60-43(4,5)6)17-61-40(34(48)33(47-25)30(23)35(50)36(19)54-8)32-31(27)39-38(56-18-57-39)20(2)37(32)58-21(3)49/h11,13-14,25-27,33-34,40,46,50H,9-10,12,16-18H2,1-8H3/q-1/t25-,26-,27-,33+,34?,40+,44+/m0/s1. The molecule has 0 aromatic heterocycles. The summed E-state index contributed by atoms with van der Waals surface area (Å²) in [4.78, 5) is 42.9. The Balaban J connectivity index is 1.25. The van der Waals surface area contributed by atoms with E-state index in [2.05, 4.69) is 16.3 Å². The van der Waals surface area contributed by atoms with Gasteiger partial charge in [-0.1, -0.05) is 12.1 Å². The van der Waals surface area contributed by atoms with Crippen molar-refractivity contribution in [3.8, 4) is 46.3 Å². The van der Waals surface area contributed by atoms with E-state index in [0.717, 1.165) is 16.7 Å². The molecule has 61 heavy (non-hydrogen) atoms. The predicted molar refractivity (Wildman–Crippen MR) is 219 cm³/mol. The minimum absolute atomic E-state index is 0.0254. The smallest absolute Gasteiger partial charge is 0.514 e. The molecule has 1 spiro atoms. The Morgan fingerprint density at radius 3 is 2.49 bits per heavy atom. The van der Waals surface area contributed by atoms with Crippen LogP contribution in [-0.4, -0.2) is 91.7 Å². The number of thioether (sulfide) groups is 1. The van der Waals surface area contributed by atoms with E-state index >= 15 is 0 Å². The number of hydrogen-bond donors (Lipinski definition) is 2. The van der Waals surface area contributed by atoms with Crippen LogP contribution in [0.1, 0.15) is 89.5 Å². The molecule has 7 aliphatic rings. The van der Waals surface area contributed by atoms with Gasteiger partial charge in [0.1, 0.15) is 18.0 Å². The van der Waals surface area contributed by atoms with Crippen LogP contribution in [0.4, 0.5) is 4.79 Å². The first-order valence-corrected chi connectivity index (χ1v) is 21.2. The van der Waals surface area contributed by atoms with E-state index in [1.165, 1.54) is 32.9 Å². The van der Waals surface area contributed by atoms with Crippen LogP contribution in [0.5, 0.6) is 40.2 Å². The number of hydrogen-bond acceptors (Lipinski definition) is 16. The van der Waals surface area contributed by atoms with E-state index in [4.69, 9.17) is 43.2 Å². The van der Waals surface area contributed by atoms with Gasteiger partial charge < -0.3 is 48.3 Å². The quantitative estimate of drug-likeness (QED) is 0.175. The molecule has 322 valence electrons. The lowest BCUT2D eigenvalue weighted by molar-refractivity contribution is -0.155. The molecule has 2 saturated heterocycles. The number of methoxy groups -OCH3 is 2. The highest BCUT2D eigenvalue weighted by atomic mass is 32.2. The topological polar surface area (TPSA) is 198 Å². The third-order valence-electron chi connectivity index (χ3n) is 12.4. The average Bonchev–Trinajstić information content (AvgIpc) is 3.70. The summed E-state index contributed by atoms with van der Waals surface area (Å²) in [5.41, 5.74) is 3.04. The van der Waals surface area contributed by atoms with Crippen molar-refractivity contribution in [3.05, 3.63) is 68.0 Å². The molecule has 0 amide bonds. The predicted octanol–water partition coefficient (Wildman–Crippen LogP) is 6.04. The SMILES string of the molecule is COc1cc2c(cc1OC(=O)OC(C)(C)C)CCN[C@]21CS[C@@H]2c3c(OC(C)=O)c(C)c4c(c3[C@H](COC1=O)N1C2[C@@H]2[N-][C@@H](Cc3cc(C)c(OC)c(O)c32)[C@@H]1C#N)OCO4. The Kier molecular flexibility index (Phi) is 10.0. The highest BCUT2D eigenvalue weighted by molar-refractivity contribution is 7.99. The lowest BCUT2D eigenvalue weighted by Gasteiger charge is -2.65. The highest BCUT2D eigenvalue weighted by Gasteiger charge is 2.57. The van der Waals surface area contributed by atoms with Gasteiger partial charge in [-0.2, -0.15) is 5.26 Å². The summed E-state index contributed by atoms with van der Waals surface area (Å²) >= 11 is 1.42. The van der Waals surface area contributed by atoms with Gasteiger partial charge in [0.05, 0.1) is 32.4 Å². The zero-order valence-electron chi connectivity index (χ0n) is 35.1. The normalized spacial score (nSPS) is 27.0.